The molecule has 1 aliphatic heterocycles. The summed E-state index contributed by atoms with van der Waals surface area (Å²) >= 11 is 5.59. The Labute approximate surface area is 157 Å². The molecule has 1 amide bonds. The maximum Gasteiger partial charge on any atom is 0.225 e. The van der Waals surface area contributed by atoms with Gasteiger partial charge in [-0.15, -0.1) is 0 Å². The zero-order chi connectivity index (χ0) is 18.1. The molecule has 1 aromatic carbocycles. The van der Waals surface area contributed by atoms with E-state index >= 15 is 0 Å². The number of aromatic nitrogens is 3. The molecule has 7 nitrogen and oxygen atoms in total. The minimum absolute atomic E-state index is 0.301. The van der Waals surface area contributed by atoms with E-state index in [1.807, 2.05) is 38.4 Å². The number of piperazine rings is 1. The Bertz CT molecular complexity index is 832. The van der Waals surface area contributed by atoms with Gasteiger partial charge in [-0.05, 0) is 49.3 Å². The van der Waals surface area contributed by atoms with Crippen LogP contribution < -0.4 is 4.74 Å². The first kappa shape index (κ1) is 17.2. The zero-order valence-corrected chi connectivity index (χ0v) is 15.7. The van der Waals surface area contributed by atoms with Crippen molar-refractivity contribution in [2.75, 3.05) is 33.3 Å². The number of rotatable bonds is 5. The number of methoxy groups -OCH3 is 1. The third-order valence-corrected chi connectivity index (χ3v) is 5.44. The molecule has 0 N–H and O–H groups in total. The van der Waals surface area contributed by atoms with Gasteiger partial charge in [-0.1, -0.05) is 0 Å². The number of hydrogen-bond acceptors (Lipinski definition) is 5. The normalized spacial score (nSPS) is 18.1. The molecule has 1 aliphatic carbocycles. The van der Waals surface area contributed by atoms with Gasteiger partial charge in [0.2, 0.25) is 10.7 Å². The molecule has 138 valence electrons. The van der Waals surface area contributed by atoms with Crippen LogP contribution in [0.5, 0.6) is 5.75 Å². The second-order valence-electron chi connectivity index (χ2n) is 6.84. The summed E-state index contributed by atoms with van der Waals surface area (Å²) in [5.41, 5.74) is 0.960. The van der Waals surface area contributed by atoms with Gasteiger partial charge in [0.1, 0.15) is 12.1 Å². The fraction of sp³-hybridized carbons (Fsp3) is 0.500. The van der Waals surface area contributed by atoms with Crippen LogP contribution in [0.2, 0.25) is 0 Å². The molecule has 8 heteroatoms. The van der Waals surface area contributed by atoms with Crippen LogP contribution in [0.15, 0.2) is 30.6 Å². The molecule has 2 heterocycles. The number of benzene rings is 1. The Balaban J connectivity index is 1.39. The summed E-state index contributed by atoms with van der Waals surface area (Å²) in [6, 6.07) is 7.74. The molecule has 4 rings (SSSR count). The summed E-state index contributed by atoms with van der Waals surface area (Å²) in [6.07, 6.45) is 3.88. The lowest BCUT2D eigenvalue weighted by molar-refractivity contribution is -0.134. The molecule has 0 unspecified atom stereocenters. The molecule has 0 atom stereocenters. The molecule has 26 heavy (non-hydrogen) atoms. The van der Waals surface area contributed by atoms with E-state index in [2.05, 4.69) is 10.00 Å². The van der Waals surface area contributed by atoms with Crippen molar-refractivity contribution < 1.29 is 9.53 Å². The van der Waals surface area contributed by atoms with Crippen LogP contribution in [-0.4, -0.2) is 63.3 Å². The number of ether oxygens (including phenoxy) is 1. The van der Waals surface area contributed by atoms with Crippen molar-refractivity contribution >= 4 is 18.1 Å². The second-order valence-corrected chi connectivity index (χ2v) is 7.21. The van der Waals surface area contributed by atoms with Crippen molar-refractivity contribution in [1.82, 2.24) is 24.1 Å². The van der Waals surface area contributed by atoms with Crippen LogP contribution in [0.1, 0.15) is 12.8 Å². The second kappa shape index (κ2) is 7.20. The highest BCUT2D eigenvalue weighted by molar-refractivity contribution is 7.71. The molecule has 1 saturated carbocycles. The summed E-state index contributed by atoms with van der Waals surface area (Å²) in [5.74, 6) is 1.45. The summed E-state index contributed by atoms with van der Waals surface area (Å²) in [5, 5.41) is 4.44. The number of carbonyl (C=O) groups excluding carboxylic acids is 1. The van der Waals surface area contributed by atoms with Gasteiger partial charge in [0.25, 0.3) is 0 Å². The Hall–Kier alpha value is -2.19. The quantitative estimate of drug-likeness (QED) is 0.750. The monoisotopic (exact) mass is 373 g/mol. The van der Waals surface area contributed by atoms with E-state index in [0.717, 1.165) is 50.5 Å². The Kier molecular flexibility index (Phi) is 4.78. The third kappa shape index (κ3) is 3.52. The predicted molar refractivity (Wildman–Crippen MR) is 99.8 cm³/mol. The first-order valence-corrected chi connectivity index (χ1v) is 9.36. The fourth-order valence-corrected chi connectivity index (χ4v) is 3.50. The van der Waals surface area contributed by atoms with Crippen LogP contribution in [-0.2, 0) is 11.5 Å². The molecule has 0 radical (unpaired) electrons. The van der Waals surface area contributed by atoms with E-state index < -0.39 is 0 Å². The van der Waals surface area contributed by atoms with Gasteiger partial charge in [0.15, 0.2) is 0 Å². The molecule has 1 saturated heterocycles. The molecular formula is C18H23N5O2S. The van der Waals surface area contributed by atoms with Crippen molar-refractivity contribution in [3.05, 3.63) is 35.4 Å². The van der Waals surface area contributed by atoms with Crippen molar-refractivity contribution in [2.45, 2.75) is 19.5 Å². The zero-order valence-electron chi connectivity index (χ0n) is 14.9. The smallest absolute Gasteiger partial charge is 0.225 e. The van der Waals surface area contributed by atoms with Crippen molar-refractivity contribution in [3.8, 4) is 11.4 Å². The Morgan fingerprint density at radius 1 is 1.19 bits per heavy atom. The predicted octanol–water partition coefficient (Wildman–Crippen LogP) is 1.92. The lowest BCUT2D eigenvalue weighted by Gasteiger charge is -2.34. The molecule has 0 spiro atoms. The highest BCUT2D eigenvalue weighted by Crippen LogP contribution is 2.31. The van der Waals surface area contributed by atoms with E-state index in [4.69, 9.17) is 17.0 Å². The van der Waals surface area contributed by atoms with Crippen LogP contribution in [0.25, 0.3) is 5.69 Å². The molecular weight excluding hydrogens is 350 g/mol. The van der Waals surface area contributed by atoms with Gasteiger partial charge in [0.05, 0.1) is 13.8 Å². The number of carbonyl (C=O) groups is 1. The van der Waals surface area contributed by atoms with Crippen molar-refractivity contribution in [3.63, 3.8) is 0 Å². The molecule has 0 bridgehead atoms. The van der Waals surface area contributed by atoms with E-state index in [-0.39, 0.29) is 0 Å². The van der Waals surface area contributed by atoms with Gasteiger partial charge in [0, 0.05) is 37.8 Å². The topological polar surface area (TPSA) is 55.5 Å². The average molecular weight is 373 g/mol. The van der Waals surface area contributed by atoms with Crippen LogP contribution in [0, 0.1) is 10.7 Å². The van der Waals surface area contributed by atoms with Gasteiger partial charge in [-0.2, -0.15) is 5.10 Å². The number of nitrogens with zero attached hydrogens (tertiary/aromatic N) is 5. The van der Waals surface area contributed by atoms with Gasteiger partial charge < -0.3 is 9.64 Å². The summed E-state index contributed by atoms with van der Waals surface area (Å²) in [7, 11) is 1.65. The van der Waals surface area contributed by atoms with Gasteiger partial charge in [-0.3, -0.25) is 14.3 Å². The molecule has 2 aromatic rings. The molecule has 1 aromatic heterocycles. The fourth-order valence-electron chi connectivity index (χ4n) is 3.24. The van der Waals surface area contributed by atoms with E-state index in [1.54, 1.807) is 13.4 Å². The maximum absolute atomic E-state index is 12.1. The lowest BCUT2D eigenvalue weighted by atomic mass is 10.3. The van der Waals surface area contributed by atoms with E-state index in [9.17, 15) is 4.79 Å². The Morgan fingerprint density at radius 2 is 1.88 bits per heavy atom. The summed E-state index contributed by atoms with van der Waals surface area (Å²) in [6.45, 7) is 3.95. The first-order valence-electron chi connectivity index (χ1n) is 8.96. The molecule has 2 aliphatic rings. The highest BCUT2D eigenvalue weighted by atomic mass is 32.1. The van der Waals surface area contributed by atoms with E-state index in [1.165, 1.54) is 0 Å². The minimum Gasteiger partial charge on any atom is -0.497 e. The van der Waals surface area contributed by atoms with Crippen LogP contribution >= 0.6 is 12.2 Å². The lowest BCUT2D eigenvalue weighted by Crippen LogP contribution is -2.49. The largest absolute Gasteiger partial charge is 0.497 e. The first-order chi connectivity index (χ1) is 12.7. The van der Waals surface area contributed by atoms with Crippen molar-refractivity contribution in [1.29, 1.82) is 0 Å². The maximum atomic E-state index is 12.1. The van der Waals surface area contributed by atoms with Gasteiger partial charge in [-0.25, -0.2) is 4.68 Å². The number of hydrogen-bond donors (Lipinski definition) is 0. The van der Waals surface area contributed by atoms with Crippen LogP contribution in [0.4, 0.5) is 0 Å². The van der Waals surface area contributed by atoms with E-state index in [0.29, 0.717) is 23.3 Å². The highest BCUT2D eigenvalue weighted by Gasteiger charge is 2.34. The third-order valence-electron chi connectivity index (χ3n) is 5.03. The number of amides is 1. The summed E-state index contributed by atoms with van der Waals surface area (Å²) in [4.78, 5) is 16.4. The standard InChI is InChI=1S/C18H23N5O2S/c1-25-16-6-4-15(5-7-16)22-12-19-23(18(22)26)13-20-8-10-21(11-9-20)17(24)14-2-3-14/h4-7,12,14H,2-3,8-11,13H2,1H3. The summed E-state index contributed by atoms with van der Waals surface area (Å²) < 4.78 is 9.58. The molecule has 2 fully saturated rings. The van der Waals surface area contributed by atoms with Gasteiger partial charge >= 0.3 is 0 Å². The SMILES string of the molecule is COc1ccc(-n2cnn(CN3CCN(C(=O)C4CC4)CC3)c2=S)cc1. The average Bonchev–Trinajstić information content (AvgIpc) is 3.47. The Morgan fingerprint density at radius 3 is 2.50 bits per heavy atom. The van der Waals surface area contributed by atoms with Crippen LogP contribution in [0.3, 0.4) is 0 Å². The van der Waals surface area contributed by atoms with Crippen molar-refractivity contribution in [2.24, 2.45) is 5.92 Å². The minimum atomic E-state index is 0.301.